The van der Waals surface area contributed by atoms with Gasteiger partial charge in [-0.15, -0.1) is 0 Å². The Morgan fingerprint density at radius 1 is 1.16 bits per heavy atom. The van der Waals surface area contributed by atoms with Gasteiger partial charge in [-0.3, -0.25) is 4.79 Å². The van der Waals surface area contributed by atoms with Gasteiger partial charge in [-0.05, 0) is 44.2 Å². The maximum absolute atomic E-state index is 13.4. The minimum Gasteiger partial charge on any atom is -0.355 e. The molecular weight excluding hydrogens is 312 g/mol. The summed E-state index contributed by atoms with van der Waals surface area (Å²) < 4.78 is 0. The molecule has 0 unspecified atom stereocenters. The SMILES string of the molecule is N#Cc1ccnc(N2CC[C@@]3(CCCN(C4CCCCC4)C3=O)C2)c1. The highest BCUT2D eigenvalue weighted by Gasteiger charge is 2.49. The van der Waals surface area contributed by atoms with Crippen LogP contribution < -0.4 is 4.90 Å². The molecule has 2 saturated heterocycles. The number of amides is 1. The van der Waals surface area contributed by atoms with Gasteiger partial charge in [-0.2, -0.15) is 5.26 Å². The maximum Gasteiger partial charge on any atom is 0.230 e. The molecule has 1 aromatic rings. The molecule has 1 saturated carbocycles. The molecule has 3 aliphatic rings. The first-order valence-corrected chi connectivity index (χ1v) is 9.64. The first kappa shape index (κ1) is 16.4. The summed E-state index contributed by atoms with van der Waals surface area (Å²) in [6, 6.07) is 6.21. The van der Waals surface area contributed by atoms with Crippen LogP contribution >= 0.6 is 0 Å². The van der Waals surface area contributed by atoms with E-state index in [9.17, 15) is 4.79 Å². The van der Waals surface area contributed by atoms with E-state index in [1.165, 1.54) is 32.1 Å². The van der Waals surface area contributed by atoms with Gasteiger partial charge in [0.05, 0.1) is 17.0 Å². The molecule has 5 nitrogen and oxygen atoms in total. The number of carbonyl (C=O) groups is 1. The number of rotatable bonds is 2. The van der Waals surface area contributed by atoms with E-state index in [-0.39, 0.29) is 5.41 Å². The molecule has 0 radical (unpaired) electrons. The van der Waals surface area contributed by atoms with E-state index >= 15 is 0 Å². The van der Waals surface area contributed by atoms with Crippen molar-refractivity contribution in [2.75, 3.05) is 24.5 Å². The lowest BCUT2D eigenvalue weighted by atomic mass is 9.77. The molecule has 3 heterocycles. The minimum atomic E-state index is -0.236. The summed E-state index contributed by atoms with van der Waals surface area (Å²) in [7, 11) is 0. The van der Waals surface area contributed by atoms with Crippen molar-refractivity contribution in [2.24, 2.45) is 5.41 Å². The number of anilines is 1. The third-order valence-corrected chi connectivity index (χ3v) is 6.34. The van der Waals surface area contributed by atoms with Crippen LogP contribution in [0, 0.1) is 16.7 Å². The highest BCUT2D eigenvalue weighted by atomic mass is 16.2. The van der Waals surface area contributed by atoms with E-state index in [4.69, 9.17) is 5.26 Å². The third kappa shape index (κ3) is 2.99. The Hall–Kier alpha value is -2.09. The van der Waals surface area contributed by atoms with Crippen LogP contribution in [0.25, 0.3) is 0 Å². The molecule has 5 heteroatoms. The zero-order valence-corrected chi connectivity index (χ0v) is 14.8. The number of hydrogen-bond donors (Lipinski definition) is 0. The van der Waals surface area contributed by atoms with Crippen LogP contribution in [0.2, 0.25) is 0 Å². The van der Waals surface area contributed by atoms with Gasteiger partial charge in [0.1, 0.15) is 5.82 Å². The Morgan fingerprint density at radius 2 is 2.00 bits per heavy atom. The Morgan fingerprint density at radius 3 is 2.80 bits per heavy atom. The Kier molecular flexibility index (Phi) is 4.37. The molecule has 3 fully saturated rings. The summed E-state index contributed by atoms with van der Waals surface area (Å²) in [6.07, 6.45) is 10.9. The second-order valence-electron chi connectivity index (χ2n) is 7.86. The van der Waals surface area contributed by atoms with E-state index in [0.717, 1.165) is 44.7 Å². The standard InChI is InChI=1S/C20H26N4O/c21-14-16-7-10-22-18(13-16)23-12-9-20(15-23)8-4-11-24(19(20)25)17-5-2-1-3-6-17/h7,10,13,17H,1-6,8-9,11-12,15H2/t20-/m0/s1. The van der Waals surface area contributed by atoms with Crippen molar-refractivity contribution >= 4 is 11.7 Å². The van der Waals surface area contributed by atoms with Gasteiger partial charge in [0, 0.05) is 31.9 Å². The number of carbonyl (C=O) groups excluding carboxylic acids is 1. The van der Waals surface area contributed by atoms with Crippen LogP contribution in [0.3, 0.4) is 0 Å². The topological polar surface area (TPSA) is 60.2 Å². The summed E-state index contributed by atoms with van der Waals surface area (Å²) in [5.74, 6) is 1.21. The van der Waals surface area contributed by atoms with Gasteiger partial charge in [-0.1, -0.05) is 19.3 Å². The van der Waals surface area contributed by atoms with Crippen molar-refractivity contribution in [3.63, 3.8) is 0 Å². The zero-order chi connectivity index (χ0) is 17.3. The van der Waals surface area contributed by atoms with Crippen molar-refractivity contribution in [2.45, 2.75) is 57.4 Å². The highest BCUT2D eigenvalue weighted by molar-refractivity contribution is 5.85. The number of pyridine rings is 1. The molecule has 0 bridgehead atoms. The van der Waals surface area contributed by atoms with Crippen LogP contribution in [0.5, 0.6) is 0 Å². The predicted molar refractivity (Wildman–Crippen MR) is 96.0 cm³/mol. The van der Waals surface area contributed by atoms with E-state index in [2.05, 4.69) is 20.9 Å². The molecule has 1 aliphatic carbocycles. The predicted octanol–water partition coefficient (Wildman–Crippen LogP) is 3.10. The smallest absolute Gasteiger partial charge is 0.230 e. The average Bonchev–Trinajstić information content (AvgIpc) is 3.10. The van der Waals surface area contributed by atoms with E-state index in [0.29, 0.717) is 17.5 Å². The molecule has 1 spiro atoms. The monoisotopic (exact) mass is 338 g/mol. The van der Waals surface area contributed by atoms with E-state index in [1.54, 1.807) is 12.3 Å². The Balaban J connectivity index is 1.51. The molecule has 25 heavy (non-hydrogen) atoms. The molecule has 1 amide bonds. The number of hydrogen-bond acceptors (Lipinski definition) is 4. The second kappa shape index (κ2) is 6.67. The van der Waals surface area contributed by atoms with Crippen LogP contribution in [0.4, 0.5) is 5.82 Å². The quantitative estimate of drug-likeness (QED) is 0.831. The summed E-state index contributed by atoms with van der Waals surface area (Å²) in [6.45, 7) is 2.54. The van der Waals surface area contributed by atoms with Crippen LogP contribution in [-0.2, 0) is 4.79 Å². The zero-order valence-electron chi connectivity index (χ0n) is 14.8. The first-order valence-electron chi connectivity index (χ1n) is 9.64. The van der Waals surface area contributed by atoms with Gasteiger partial charge < -0.3 is 9.80 Å². The lowest BCUT2D eigenvalue weighted by molar-refractivity contribution is -0.148. The Labute approximate surface area is 149 Å². The van der Waals surface area contributed by atoms with Crippen molar-refractivity contribution in [3.05, 3.63) is 23.9 Å². The minimum absolute atomic E-state index is 0.236. The number of aromatic nitrogens is 1. The maximum atomic E-state index is 13.4. The van der Waals surface area contributed by atoms with Crippen molar-refractivity contribution < 1.29 is 4.79 Å². The Bertz CT molecular complexity index is 691. The fraction of sp³-hybridized carbons (Fsp3) is 0.650. The molecule has 4 rings (SSSR count). The van der Waals surface area contributed by atoms with Gasteiger partial charge in [0.15, 0.2) is 0 Å². The van der Waals surface area contributed by atoms with Gasteiger partial charge in [0.25, 0.3) is 0 Å². The molecule has 0 N–H and O–H groups in total. The normalized spacial score (nSPS) is 27.7. The van der Waals surface area contributed by atoms with Crippen LogP contribution in [0.15, 0.2) is 18.3 Å². The second-order valence-corrected chi connectivity index (χ2v) is 7.86. The lowest BCUT2D eigenvalue weighted by Crippen LogP contribution is -2.54. The van der Waals surface area contributed by atoms with Crippen LogP contribution in [-0.4, -0.2) is 41.5 Å². The first-order chi connectivity index (χ1) is 12.2. The molecule has 1 atom stereocenters. The summed E-state index contributed by atoms with van der Waals surface area (Å²) in [5, 5.41) is 9.11. The lowest BCUT2D eigenvalue weighted by Gasteiger charge is -2.44. The van der Waals surface area contributed by atoms with Crippen molar-refractivity contribution in [1.82, 2.24) is 9.88 Å². The van der Waals surface area contributed by atoms with Gasteiger partial charge in [0.2, 0.25) is 5.91 Å². The number of likely N-dealkylation sites (tertiary alicyclic amines) is 1. The van der Waals surface area contributed by atoms with Crippen LogP contribution in [0.1, 0.15) is 56.9 Å². The fourth-order valence-electron chi connectivity index (χ4n) is 4.95. The summed E-state index contributed by atoms with van der Waals surface area (Å²) in [5.41, 5.74) is 0.393. The molecule has 0 aromatic carbocycles. The van der Waals surface area contributed by atoms with E-state index in [1.807, 2.05) is 6.07 Å². The van der Waals surface area contributed by atoms with Crippen molar-refractivity contribution in [1.29, 1.82) is 5.26 Å². The summed E-state index contributed by atoms with van der Waals surface area (Å²) >= 11 is 0. The summed E-state index contributed by atoms with van der Waals surface area (Å²) in [4.78, 5) is 22.2. The molecule has 132 valence electrons. The average molecular weight is 338 g/mol. The van der Waals surface area contributed by atoms with Crippen molar-refractivity contribution in [3.8, 4) is 6.07 Å². The molecule has 2 aliphatic heterocycles. The largest absolute Gasteiger partial charge is 0.355 e. The third-order valence-electron chi connectivity index (χ3n) is 6.34. The highest BCUT2D eigenvalue weighted by Crippen LogP contribution is 2.42. The van der Waals surface area contributed by atoms with Gasteiger partial charge in [-0.25, -0.2) is 4.98 Å². The fourth-order valence-corrected chi connectivity index (χ4v) is 4.95. The van der Waals surface area contributed by atoms with Gasteiger partial charge >= 0.3 is 0 Å². The molecule has 1 aromatic heterocycles. The van der Waals surface area contributed by atoms with E-state index < -0.39 is 0 Å². The number of nitrogens with zero attached hydrogens (tertiary/aromatic N) is 4. The number of nitriles is 1. The molecular formula is C20H26N4O. The number of piperidine rings is 1.